The number of amides is 1. The van der Waals surface area contributed by atoms with Gasteiger partial charge in [0.15, 0.2) is 5.69 Å². The van der Waals surface area contributed by atoms with Gasteiger partial charge in [-0.3, -0.25) is 4.79 Å². The number of rotatable bonds is 4. The number of anilines is 1. The lowest BCUT2D eigenvalue weighted by atomic mass is 9.77. The average molecular weight is 286 g/mol. The molecule has 0 radical (unpaired) electrons. The van der Waals surface area contributed by atoms with Gasteiger partial charge >= 0.3 is 0 Å². The molecule has 3 rings (SSSR count). The van der Waals surface area contributed by atoms with Crippen LogP contribution < -0.4 is 11.1 Å². The number of aromatic nitrogens is 2. The summed E-state index contributed by atoms with van der Waals surface area (Å²) in [5.74, 6) is -0.267. The van der Waals surface area contributed by atoms with Crippen molar-refractivity contribution in [3.8, 4) is 5.69 Å². The Balaban J connectivity index is 1.79. The van der Waals surface area contributed by atoms with Gasteiger partial charge in [-0.25, -0.2) is 4.68 Å². The van der Waals surface area contributed by atoms with Crippen LogP contribution in [-0.2, 0) is 0 Å². The molecule has 1 aliphatic carbocycles. The van der Waals surface area contributed by atoms with Gasteiger partial charge in [-0.1, -0.05) is 12.1 Å². The molecule has 110 valence electrons. The number of benzene rings is 1. The summed E-state index contributed by atoms with van der Waals surface area (Å²) in [7, 11) is 0. The zero-order valence-electron chi connectivity index (χ0n) is 11.6. The Hall–Kier alpha value is -2.34. The van der Waals surface area contributed by atoms with Gasteiger partial charge in [0.1, 0.15) is 0 Å². The van der Waals surface area contributed by atoms with E-state index in [1.54, 1.807) is 23.0 Å². The van der Waals surface area contributed by atoms with Gasteiger partial charge in [0.25, 0.3) is 5.91 Å². The molecule has 1 aromatic heterocycles. The largest absolute Gasteiger partial charge is 0.397 e. The maximum Gasteiger partial charge on any atom is 0.272 e. The van der Waals surface area contributed by atoms with Crippen molar-refractivity contribution in [3.63, 3.8) is 0 Å². The minimum atomic E-state index is -0.466. The number of hydrogen-bond donors (Lipinski definition) is 3. The molecule has 6 nitrogen and oxygen atoms in total. The second-order valence-corrected chi connectivity index (χ2v) is 5.45. The standard InChI is InChI=1S/C15H18N4O2/c16-11-4-1-2-5-13(11)19-9-6-12(18-19)14(21)17-15(10-20)7-3-8-15/h1-2,4-6,9,20H,3,7-8,10,16H2,(H,17,21). The van der Waals surface area contributed by atoms with E-state index in [2.05, 4.69) is 10.4 Å². The molecule has 1 heterocycles. The fourth-order valence-corrected chi connectivity index (χ4v) is 2.51. The normalized spacial score (nSPS) is 16.2. The number of aliphatic hydroxyl groups excluding tert-OH is 1. The zero-order valence-corrected chi connectivity index (χ0v) is 11.6. The van der Waals surface area contributed by atoms with Crippen LogP contribution in [0.15, 0.2) is 36.5 Å². The van der Waals surface area contributed by atoms with Crippen LogP contribution in [0.1, 0.15) is 29.8 Å². The number of hydrogen-bond acceptors (Lipinski definition) is 4. The van der Waals surface area contributed by atoms with Crippen molar-refractivity contribution in [1.82, 2.24) is 15.1 Å². The smallest absolute Gasteiger partial charge is 0.272 e. The van der Waals surface area contributed by atoms with E-state index in [1.807, 2.05) is 18.2 Å². The fraction of sp³-hybridized carbons (Fsp3) is 0.333. The highest BCUT2D eigenvalue weighted by atomic mass is 16.3. The van der Waals surface area contributed by atoms with Crippen LogP contribution >= 0.6 is 0 Å². The van der Waals surface area contributed by atoms with Crippen molar-refractivity contribution >= 4 is 11.6 Å². The van der Waals surface area contributed by atoms with E-state index >= 15 is 0 Å². The Bertz CT molecular complexity index is 656. The van der Waals surface area contributed by atoms with Crippen LogP contribution in [0, 0.1) is 0 Å². The topological polar surface area (TPSA) is 93.2 Å². The lowest BCUT2D eigenvalue weighted by Gasteiger charge is -2.40. The van der Waals surface area contributed by atoms with Crippen LogP contribution in [0.3, 0.4) is 0 Å². The Morgan fingerprint density at radius 1 is 1.38 bits per heavy atom. The maximum absolute atomic E-state index is 12.2. The summed E-state index contributed by atoms with van der Waals surface area (Å²) in [5.41, 5.74) is 7.08. The predicted octanol–water partition coefficient (Wildman–Crippen LogP) is 1.10. The van der Waals surface area contributed by atoms with Crippen molar-refractivity contribution in [1.29, 1.82) is 0 Å². The molecule has 2 aromatic rings. The van der Waals surface area contributed by atoms with E-state index in [4.69, 9.17) is 5.73 Å². The Morgan fingerprint density at radius 3 is 2.76 bits per heavy atom. The molecule has 0 unspecified atom stereocenters. The third-order valence-corrected chi connectivity index (χ3v) is 4.00. The first-order valence-electron chi connectivity index (χ1n) is 6.97. The van der Waals surface area contributed by atoms with Gasteiger partial charge in [0, 0.05) is 6.20 Å². The van der Waals surface area contributed by atoms with Crippen molar-refractivity contribution < 1.29 is 9.90 Å². The highest BCUT2D eigenvalue weighted by molar-refractivity contribution is 5.92. The molecule has 0 bridgehead atoms. The van der Waals surface area contributed by atoms with Crippen molar-refractivity contribution in [2.75, 3.05) is 12.3 Å². The number of carbonyl (C=O) groups is 1. The Morgan fingerprint density at radius 2 is 2.14 bits per heavy atom. The molecule has 1 amide bonds. The summed E-state index contributed by atoms with van der Waals surface area (Å²) >= 11 is 0. The van der Waals surface area contributed by atoms with Gasteiger partial charge in [0.05, 0.1) is 23.5 Å². The van der Waals surface area contributed by atoms with Crippen LogP contribution in [-0.4, -0.2) is 32.9 Å². The Kier molecular flexibility index (Phi) is 3.39. The van der Waals surface area contributed by atoms with Crippen LogP contribution in [0.2, 0.25) is 0 Å². The summed E-state index contributed by atoms with van der Waals surface area (Å²) in [4.78, 5) is 12.2. The number of nitrogen functional groups attached to an aromatic ring is 1. The highest BCUT2D eigenvalue weighted by Gasteiger charge is 2.38. The van der Waals surface area contributed by atoms with Crippen LogP contribution in [0.4, 0.5) is 5.69 Å². The second kappa shape index (κ2) is 5.21. The van der Waals surface area contributed by atoms with E-state index in [1.165, 1.54) is 0 Å². The van der Waals surface area contributed by atoms with Gasteiger partial charge in [-0.05, 0) is 37.5 Å². The molecule has 1 saturated carbocycles. The minimum absolute atomic E-state index is 0.0366. The van der Waals surface area contributed by atoms with E-state index < -0.39 is 5.54 Å². The number of para-hydroxylation sites is 2. The molecule has 21 heavy (non-hydrogen) atoms. The summed E-state index contributed by atoms with van der Waals surface area (Å²) in [6.07, 6.45) is 4.34. The maximum atomic E-state index is 12.2. The second-order valence-electron chi connectivity index (χ2n) is 5.45. The molecular weight excluding hydrogens is 268 g/mol. The molecule has 6 heteroatoms. The lowest BCUT2D eigenvalue weighted by molar-refractivity contribution is 0.0637. The first kappa shape index (κ1) is 13.6. The number of nitrogens with zero attached hydrogens (tertiary/aromatic N) is 2. The predicted molar refractivity (Wildman–Crippen MR) is 79.1 cm³/mol. The number of carbonyl (C=O) groups excluding carboxylic acids is 1. The van der Waals surface area contributed by atoms with Crippen LogP contribution in [0.5, 0.6) is 0 Å². The lowest BCUT2D eigenvalue weighted by Crippen LogP contribution is -2.56. The van der Waals surface area contributed by atoms with Crippen LogP contribution in [0.25, 0.3) is 5.69 Å². The molecule has 1 fully saturated rings. The highest BCUT2D eigenvalue weighted by Crippen LogP contribution is 2.31. The zero-order chi connectivity index (χ0) is 14.9. The molecule has 0 spiro atoms. The third-order valence-electron chi connectivity index (χ3n) is 4.00. The van der Waals surface area contributed by atoms with E-state index in [0.717, 1.165) is 24.9 Å². The van der Waals surface area contributed by atoms with E-state index in [9.17, 15) is 9.90 Å². The summed E-state index contributed by atoms with van der Waals surface area (Å²) in [5, 5.41) is 16.5. The van der Waals surface area contributed by atoms with E-state index in [-0.39, 0.29) is 12.5 Å². The summed E-state index contributed by atoms with van der Waals surface area (Å²) < 4.78 is 1.58. The van der Waals surface area contributed by atoms with Gasteiger partial charge < -0.3 is 16.2 Å². The van der Waals surface area contributed by atoms with Crippen molar-refractivity contribution in [3.05, 3.63) is 42.2 Å². The first-order valence-corrected chi connectivity index (χ1v) is 6.97. The van der Waals surface area contributed by atoms with Crippen molar-refractivity contribution in [2.24, 2.45) is 0 Å². The Labute approximate surface area is 122 Å². The molecule has 1 aliphatic rings. The summed E-state index contributed by atoms with van der Waals surface area (Å²) in [6.45, 7) is -0.0366. The fourth-order valence-electron chi connectivity index (χ4n) is 2.51. The minimum Gasteiger partial charge on any atom is -0.397 e. The van der Waals surface area contributed by atoms with Gasteiger partial charge in [-0.15, -0.1) is 0 Å². The summed E-state index contributed by atoms with van der Waals surface area (Å²) in [6, 6.07) is 8.97. The third kappa shape index (κ3) is 2.50. The number of nitrogens with one attached hydrogen (secondary N) is 1. The molecule has 0 aliphatic heterocycles. The number of nitrogens with two attached hydrogens (primary N) is 1. The van der Waals surface area contributed by atoms with Gasteiger partial charge in [-0.2, -0.15) is 5.10 Å². The van der Waals surface area contributed by atoms with Crippen molar-refractivity contribution in [2.45, 2.75) is 24.8 Å². The SMILES string of the molecule is Nc1ccccc1-n1ccc(C(=O)NC2(CO)CCC2)n1. The molecule has 0 atom stereocenters. The van der Waals surface area contributed by atoms with E-state index in [0.29, 0.717) is 11.4 Å². The average Bonchev–Trinajstić information content (AvgIpc) is 2.93. The molecule has 4 N–H and O–H groups in total. The van der Waals surface area contributed by atoms with Gasteiger partial charge in [0.2, 0.25) is 0 Å². The first-order chi connectivity index (χ1) is 10.1. The molecule has 1 aromatic carbocycles. The number of aliphatic hydroxyl groups is 1. The quantitative estimate of drug-likeness (QED) is 0.734. The monoisotopic (exact) mass is 286 g/mol. The molecular formula is C15H18N4O2. The molecule has 0 saturated heterocycles.